The molecule has 0 aliphatic heterocycles. The Bertz CT molecular complexity index is 430. The zero-order chi connectivity index (χ0) is 12.1. The van der Waals surface area contributed by atoms with Gasteiger partial charge in [-0.25, -0.2) is 0 Å². The van der Waals surface area contributed by atoms with Gasteiger partial charge >= 0.3 is 0 Å². The molecule has 0 amide bonds. The average Bonchev–Trinajstić information content (AvgIpc) is 2.90. The number of benzene rings is 1. The topological polar surface area (TPSA) is 45.1 Å². The lowest BCUT2D eigenvalue weighted by Crippen LogP contribution is -2.24. The first-order valence-electron chi connectivity index (χ1n) is 5.62. The molecule has 0 fully saturated rings. The molecule has 0 aliphatic rings. The first kappa shape index (κ1) is 12.2. The largest absolute Gasteiger partial charge is 0.387 e. The van der Waals surface area contributed by atoms with Gasteiger partial charge in [0, 0.05) is 23.7 Å². The van der Waals surface area contributed by atoms with E-state index >= 15 is 0 Å². The predicted molar refractivity (Wildman–Crippen MR) is 69.9 cm³/mol. The normalized spacial score (nSPS) is 14.5. The number of hydrogen-bond acceptors (Lipinski definition) is 4. The minimum Gasteiger partial charge on any atom is -0.387 e. The highest BCUT2D eigenvalue weighted by atomic mass is 32.1. The molecule has 1 aromatic heterocycles. The van der Waals surface area contributed by atoms with Crippen LogP contribution in [0.5, 0.6) is 0 Å². The van der Waals surface area contributed by atoms with Crippen LogP contribution in [0.15, 0.2) is 42.0 Å². The summed E-state index contributed by atoms with van der Waals surface area (Å²) >= 11 is 1.62. The molecule has 1 aromatic carbocycles. The number of aliphatic hydroxyl groups is 1. The van der Waals surface area contributed by atoms with Crippen molar-refractivity contribution in [2.45, 2.75) is 19.1 Å². The third-order valence-corrected chi connectivity index (χ3v) is 3.64. The lowest BCUT2D eigenvalue weighted by Gasteiger charge is -2.16. The number of aliphatic hydroxyl groups excluding tert-OH is 1. The van der Waals surface area contributed by atoms with Crippen LogP contribution >= 0.6 is 11.3 Å². The Labute approximate surface area is 105 Å². The van der Waals surface area contributed by atoms with Crippen LogP contribution in [-0.2, 0) is 0 Å². The van der Waals surface area contributed by atoms with Gasteiger partial charge in [0.1, 0.15) is 0 Å². The third-order valence-electron chi connectivity index (χ3n) is 2.68. The summed E-state index contributed by atoms with van der Waals surface area (Å²) in [5.41, 5.74) is 2.76. The smallest absolute Gasteiger partial charge is 0.0914 e. The molecule has 0 bridgehead atoms. The Morgan fingerprint density at radius 3 is 2.76 bits per heavy atom. The Morgan fingerprint density at radius 2 is 2.12 bits per heavy atom. The molecule has 0 spiro atoms. The molecular formula is C13H16N2OS. The fraction of sp³-hybridized carbons (Fsp3) is 0.308. The Kier molecular flexibility index (Phi) is 4.25. The second-order valence-electron chi connectivity index (χ2n) is 3.96. The molecule has 2 aromatic rings. The van der Waals surface area contributed by atoms with E-state index in [1.54, 1.807) is 11.3 Å². The van der Waals surface area contributed by atoms with Crippen LogP contribution in [0.4, 0.5) is 0 Å². The van der Waals surface area contributed by atoms with E-state index in [1.807, 2.05) is 42.0 Å². The van der Waals surface area contributed by atoms with Crippen molar-refractivity contribution in [1.82, 2.24) is 10.3 Å². The first-order chi connectivity index (χ1) is 8.27. The molecule has 2 N–H and O–H groups in total. The lowest BCUT2D eigenvalue weighted by atomic mass is 10.1. The zero-order valence-corrected chi connectivity index (χ0v) is 10.5. The summed E-state index contributed by atoms with van der Waals surface area (Å²) in [5.74, 6) is 0. The first-order valence-corrected chi connectivity index (χ1v) is 6.50. The molecule has 2 unspecified atom stereocenters. The summed E-state index contributed by atoms with van der Waals surface area (Å²) < 4.78 is 0. The number of nitrogens with one attached hydrogen (secondary N) is 1. The van der Waals surface area contributed by atoms with E-state index in [9.17, 15) is 5.11 Å². The monoisotopic (exact) mass is 248 g/mol. The van der Waals surface area contributed by atoms with Gasteiger partial charge in [0.25, 0.3) is 0 Å². The van der Waals surface area contributed by atoms with Gasteiger partial charge in [0.2, 0.25) is 0 Å². The number of thiazole rings is 1. The summed E-state index contributed by atoms with van der Waals surface area (Å²) in [4.78, 5) is 5.23. The molecule has 17 heavy (non-hydrogen) atoms. The fourth-order valence-corrected chi connectivity index (χ4v) is 2.27. The quantitative estimate of drug-likeness (QED) is 0.854. The van der Waals surface area contributed by atoms with Gasteiger partial charge in [-0.3, -0.25) is 4.98 Å². The summed E-state index contributed by atoms with van der Waals surface area (Å²) in [6.45, 7) is 2.62. The summed E-state index contributed by atoms with van der Waals surface area (Å²) in [6, 6.07) is 9.91. The van der Waals surface area contributed by atoms with Gasteiger partial charge in [0.05, 0.1) is 11.6 Å². The minimum atomic E-state index is -0.466. The molecule has 0 aliphatic carbocycles. The van der Waals surface area contributed by atoms with Crippen molar-refractivity contribution in [2.75, 3.05) is 6.54 Å². The van der Waals surface area contributed by atoms with Crippen LogP contribution in [0, 0.1) is 0 Å². The highest BCUT2D eigenvalue weighted by molar-refractivity contribution is 7.09. The zero-order valence-electron chi connectivity index (χ0n) is 9.71. The number of rotatable bonds is 5. The van der Waals surface area contributed by atoms with Gasteiger partial charge in [-0.05, 0) is 12.5 Å². The maximum absolute atomic E-state index is 9.99. The molecule has 0 saturated carbocycles. The van der Waals surface area contributed by atoms with Crippen molar-refractivity contribution >= 4 is 11.3 Å². The molecule has 0 saturated heterocycles. The van der Waals surface area contributed by atoms with Gasteiger partial charge in [-0.1, -0.05) is 30.3 Å². The van der Waals surface area contributed by atoms with Gasteiger partial charge in [-0.15, -0.1) is 11.3 Å². The molecule has 3 nitrogen and oxygen atoms in total. The molecule has 2 atom stereocenters. The van der Waals surface area contributed by atoms with E-state index in [0.717, 1.165) is 5.56 Å². The molecule has 4 heteroatoms. The molecular weight excluding hydrogens is 232 g/mol. The molecule has 2 rings (SSSR count). The second-order valence-corrected chi connectivity index (χ2v) is 4.88. The summed E-state index contributed by atoms with van der Waals surface area (Å²) in [6.07, 6.45) is 1.39. The summed E-state index contributed by atoms with van der Waals surface area (Å²) in [7, 11) is 0. The number of nitrogens with zero attached hydrogens (tertiary/aromatic N) is 1. The van der Waals surface area contributed by atoms with E-state index in [4.69, 9.17) is 0 Å². The Morgan fingerprint density at radius 1 is 1.35 bits per heavy atom. The number of aromatic nitrogens is 1. The van der Waals surface area contributed by atoms with Gasteiger partial charge in [-0.2, -0.15) is 0 Å². The van der Waals surface area contributed by atoms with Crippen LogP contribution < -0.4 is 5.32 Å². The third kappa shape index (κ3) is 3.36. The van der Waals surface area contributed by atoms with E-state index in [-0.39, 0.29) is 6.04 Å². The van der Waals surface area contributed by atoms with Crippen LogP contribution in [-0.4, -0.2) is 16.6 Å². The molecule has 1 heterocycles. The van der Waals surface area contributed by atoms with E-state index < -0.39 is 6.10 Å². The van der Waals surface area contributed by atoms with Crippen LogP contribution in [0.1, 0.15) is 29.5 Å². The maximum atomic E-state index is 9.99. The van der Waals surface area contributed by atoms with Crippen molar-refractivity contribution in [3.63, 3.8) is 0 Å². The van der Waals surface area contributed by atoms with Crippen molar-refractivity contribution in [1.29, 1.82) is 0 Å². The number of hydrogen-bond donors (Lipinski definition) is 2. The predicted octanol–water partition coefficient (Wildman–Crippen LogP) is 2.53. The highest BCUT2D eigenvalue weighted by Gasteiger charge is 2.10. The van der Waals surface area contributed by atoms with Crippen molar-refractivity contribution in [3.8, 4) is 0 Å². The van der Waals surface area contributed by atoms with E-state index in [1.165, 1.54) is 4.88 Å². The second kappa shape index (κ2) is 5.91. The maximum Gasteiger partial charge on any atom is 0.0914 e. The average molecular weight is 248 g/mol. The molecule has 0 radical (unpaired) electrons. The standard InChI is InChI=1S/C13H16N2OS/c1-10(13-8-14-9-17-13)15-7-12(16)11-5-3-2-4-6-11/h2-6,8-10,12,15-16H,7H2,1H3. The Hall–Kier alpha value is -1.23. The summed E-state index contributed by atoms with van der Waals surface area (Å²) in [5, 5.41) is 13.3. The van der Waals surface area contributed by atoms with Crippen molar-refractivity contribution < 1.29 is 5.11 Å². The SMILES string of the molecule is CC(NCC(O)c1ccccc1)c1cncs1. The fourth-order valence-electron chi connectivity index (χ4n) is 1.62. The minimum absolute atomic E-state index is 0.223. The van der Waals surface area contributed by atoms with Crippen LogP contribution in [0.25, 0.3) is 0 Å². The van der Waals surface area contributed by atoms with E-state index in [0.29, 0.717) is 6.54 Å². The lowest BCUT2D eigenvalue weighted by molar-refractivity contribution is 0.171. The van der Waals surface area contributed by atoms with Gasteiger partial charge < -0.3 is 10.4 Å². The van der Waals surface area contributed by atoms with Crippen molar-refractivity contribution in [3.05, 3.63) is 52.5 Å². The van der Waals surface area contributed by atoms with Crippen LogP contribution in [0.3, 0.4) is 0 Å². The van der Waals surface area contributed by atoms with Gasteiger partial charge in [0.15, 0.2) is 0 Å². The van der Waals surface area contributed by atoms with E-state index in [2.05, 4.69) is 17.2 Å². The highest BCUT2D eigenvalue weighted by Crippen LogP contribution is 2.18. The van der Waals surface area contributed by atoms with Crippen LogP contribution in [0.2, 0.25) is 0 Å². The van der Waals surface area contributed by atoms with Crippen molar-refractivity contribution in [2.24, 2.45) is 0 Å². The Balaban J connectivity index is 1.86. The molecule has 90 valence electrons.